The fourth-order valence-corrected chi connectivity index (χ4v) is 3.05. The molecule has 7 nitrogen and oxygen atoms in total. The molecule has 27 heavy (non-hydrogen) atoms. The van der Waals surface area contributed by atoms with Crippen LogP contribution in [-0.4, -0.2) is 29.5 Å². The van der Waals surface area contributed by atoms with Crippen molar-refractivity contribution in [2.75, 3.05) is 0 Å². The summed E-state index contributed by atoms with van der Waals surface area (Å²) in [6, 6.07) is 12.3. The van der Waals surface area contributed by atoms with Crippen molar-refractivity contribution in [1.29, 1.82) is 0 Å². The minimum atomic E-state index is 0.120. The van der Waals surface area contributed by atoms with E-state index in [1.807, 2.05) is 28.4 Å². The molecule has 1 aromatic carbocycles. The summed E-state index contributed by atoms with van der Waals surface area (Å²) in [5, 5.41) is 8.93. The minimum absolute atomic E-state index is 0.120. The second-order valence-electron chi connectivity index (χ2n) is 6.87. The third kappa shape index (κ3) is 3.81. The van der Waals surface area contributed by atoms with Gasteiger partial charge in [-0.3, -0.25) is 4.68 Å². The van der Waals surface area contributed by atoms with Gasteiger partial charge in [-0.15, -0.1) is 5.10 Å². The molecule has 138 valence electrons. The zero-order valence-electron chi connectivity index (χ0n) is 15.7. The van der Waals surface area contributed by atoms with E-state index in [2.05, 4.69) is 48.2 Å². The maximum atomic E-state index is 5.72. The molecule has 1 atom stereocenters. The molecule has 0 aliphatic heterocycles. The Kier molecular flexibility index (Phi) is 4.58. The van der Waals surface area contributed by atoms with Crippen LogP contribution in [0.5, 0.6) is 0 Å². The highest BCUT2D eigenvalue weighted by Gasteiger charge is 2.20. The van der Waals surface area contributed by atoms with Gasteiger partial charge in [-0.1, -0.05) is 36.8 Å². The standard InChI is InChI=1S/C20H22N6O/c1-14-4-7-17(8-5-14)11-26-20(15(2)10-25-13-21-12-22-25)23-19(24-26)18-9-6-16(3)27-18/h4-9,12-13,15H,10-11H2,1-3H3/t15-/m0/s1. The largest absolute Gasteiger partial charge is 0.458 e. The summed E-state index contributed by atoms with van der Waals surface area (Å²) in [6.07, 6.45) is 3.26. The first-order valence-corrected chi connectivity index (χ1v) is 8.98. The second-order valence-corrected chi connectivity index (χ2v) is 6.87. The van der Waals surface area contributed by atoms with Crippen LogP contribution >= 0.6 is 0 Å². The van der Waals surface area contributed by atoms with Crippen LogP contribution in [-0.2, 0) is 13.1 Å². The molecular formula is C20H22N6O. The van der Waals surface area contributed by atoms with E-state index >= 15 is 0 Å². The maximum Gasteiger partial charge on any atom is 0.217 e. The van der Waals surface area contributed by atoms with E-state index in [1.54, 1.807) is 12.7 Å². The maximum absolute atomic E-state index is 5.72. The lowest BCUT2D eigenvalue weighted by Crippen LogP contribution is -2.14. The Bertz CT molecular complexity index is 1010. The Morgan fingerprint density at radius 1 is 1.07 bits per heavy atom. The molecule has 4 aromatic rings. The molecule has 0 aliphatic carbocycles. The quantitative estimate of drug-likeness (QED) is 0.524. The molecule has 0 radical (unpaired) electrons. The molecule has 0 amide bonds. The van der Waals surface area contributed by atoms with Crippen molar-refractivity contribution in [3.05, 3.63) is 71.8 Å². The van der Waals surface area contributed by atoms with Gasteiger partial charge in [-0.2, -0.15) is 5.10 Å². The Balaban J connectivity index is 1.68. The Labute approximate surface area is 157 Å². The first kappa shape index (κ1) is 17.2. The van der Waals surface area contributed by atoms with Crippen LogP contribution in [0.2, 0.25) is 0 Å². The van der Waals surface area contributed by atoms with Crippen LogP contribution in [0.3, 0.4) is 0 Å². The lowest BCUT2D eigenvalue weighted by molar-refractivity contribution is 0.494. The lowest BCUT2D eigenvalue weighted by Gasteiger charge is -2.12. The highest BCUT2D eigenvalue weighted by atomic mass is 16.3. The van der Waals surface area contributed by atoms with Crippen molar-refractivity contribution < 1.29 is 4.42 Å². The molecule has 4 rings (SSSR count). The smallest absolute Gasteiger partial charge is 0.217 e. The topological polar surface area (TPSA) is 74.6 Å². The van der Waals surface area contributed by atoms with Gasteiger partial charge in [0.25, 0.3) is 0 Å². The van der Waals surface area contributed by atoms with E-state index in [-0.39, 0.29) is 5.92 Å². The van der Waals surface area contributed by atoms with Crippen molar-refractivity contribution in [2.45, 2.75) is 39.8 Å². The molecule has 0 bridgehead atoms. The summed E-state index contributed by atoms with van der Waals surface area (Å²) in [6.45, 7) is 7.46. The molecule has 3 aromatic heterocycles. The van der Waals surface area contributed by atoms with E-state index in [4.69, 9.17) is 14.5 Å². The fraction of sp³-hybridized carbons (Fsp3) is 0.300. The van der Waals surface area contributed by atoms with Crippen LogP contribution in [0.4, 0.5) is 0 Å². The molecule has 0 aliphatic rings. The Morgan fingerprint density at radius 3 is 2.56 bits per heavy atom. The molecule has 7 heteroatoms. The van der Waals surface area contributed by atoms with Gasteiger partial charge in [0.2, 0.25) is 5.82 Å². The van der Waals surface area contributed by atoms with E-state index < -0.39 is 0 Å². The van der Waals surface area contributed by atoms with Crippen LogP contribution in [0.15, 0.2) is 53.5 Å². The summed E-state index contributed by atoms with van der Waals surface area (Å²) in [5.41, 5.74) is 2.42. The summed E-state index contributed by atoms with van der Waals surface area (Å²) < 4.78 is 9.49. The van der Waals surface area contributed by atoms with Crippen molar-refractivity contribution in [3.63, 3.8) is 0 Å². The SMILES string of the molecule is Cc1ccc(Cn2nc(-c3ccc(C)o3)nc2[C@@H](C)Cn2cncn2)cc1. The predicted octanol–water partition coefficient (Wildman–Crippen LogP) is 3.60. The van der Waals surface area contributed by atoms with Gasteiger partial charge in [0.1, 0.15) is 24.2 Å². The van der Waals surface area contributed by atoms with E-state index in [0.717, 1.165) is 11.6 Å². The van der Waals surface area contributed by atoms with Crippen LogP contribution in [0.25, 0.3) is 11.6 Å². The minimum Gasteiger partial charge on any atom is -0.458 e. The van der Waals surface area contributed by atoms with Crippen LogP contribution in [0.1, 0.15) is 35.6 Å². The average Bonchev–Trinajstić information content (AvgIpc) is 3.38. The number of rotatable bonds is 6. The van der Waals surface area contributed by atoms with Crippen molar-refractivity contribution in [2.24, 2.45) is 0 Å². The summed E-state index contributed by atoms with van der Waals surface area (Å²) in [7, 11) is 0. The Hall–Kier alpha value is -3.22. The Morgan fingerprint density at radius 2 is 1.89 bits per heavy atom. The number of aryl methyl sites for hydroxylation is 2. The third-order valence-corrected chi connectivity index (χ3v) is 4.48. The number of hydrogen-bond donors (Lipinski definition) is 0. The zero-order valence-corrected chi connectivity index (χ0v) is 15.7. The average molecular weight is 362 g/mol. The lowest BCUT2D eigenvalue weighted by atomic mass is 10.1. The molecule has 3 heterocycles. The molecule has 0 unspecified atom stereocenters. The van der Waals surface area contributed by atoms with Gasteiger partial charge in [0.15, 0.2) is 5.76 Å². The van der Waals surface area contributed by atoms with E-state index in [9.17, 15) is 0 Å². The van der Waals surface area contributed by atoms with Crippen molar-refractivity contribution >= 4 is 0 Å². The highest BCUT2D eigenvalue weighted by Crippen LogP contribution is 2.23. The number of furan rings is 1. The number of aromatic nitrogens is 6. The summed E-state index contributed by atoms with van der Waals surface area (Å²) >= 11 is 0. The van der Waals surface area contributed by atoms with Gasteiger partial charge in [0, 0.05) is 5.92 Å². The van der Waals surface area contributed by atoms with Gasteiger partial charge in [-0.25, -0.2) is 14.6 Å². The second kappa shape index (κ2) is 7.19. The summed E-state index contributed by atoms with van der Waals surface area (Å²) in [4.78, 5) is 8.80. The van der Waals surface area contributed by atoms with Crippen LogP contribution in [0, 0.1) is 13.8 Å². The molecule has 0 fully saturated rings. The number of benzene rings is 1. The third-order valence-electron chi connectivity index (χ3n) is 4.48. The zero-order chi connectivity index (χ0) is 18.8. The van der Waals surface area contributed by atoms with E-state index in [0.29, 0.717) is 24.7 Å². The number of nitrogens with zero attached hydrogens (tertiary/aromatic N) is 6. The number of hydrogen-bond acceptors (Lipinski definition) is 5. The van der Waals surface area contributed by atoms with Gasteiger partial charge in [-0.05, 0) is 31.5 Å². The van der Waals surface area contributed by atoms with Crippen molar-refractivity contribution in [3.8, 4) is 11.6 Å². The fourth-order valence-electron chi connectivity index (χ4n) is 3.05. The normalized spacial score (nSPS) is 12.4. The molecule has 0 N–H and O–H groups in total. The molecule has 0 saturated carbocycles. The monoisotopic (exact) mass is 362 g/mol. The molecule has 0 spiro atoms. The van der Waals surface area contributed by atoms with Gasteiger partial charge in [0.05, 0.1) is 13.1 Å². The highest BCUT2D eigenvalue weighted by molar-refractivity contribution is 5.46. The van der Waals surface area contributed by atoms with Gasteiger partial charge >= 0.3 is 0 Å². The van der Waals surface area contributed by atoms with Gasteiger partial charge < -0.3 is 4.42 Å². The van der Waals surface area contributed by atoms with Crippen LogP contribution < -0.4 is 0 Å². The summed E-state index contributed by atoms with van der Waals surface area (Å²) in [5.74, 6) is 3.15. The molecule has 0 saturated heterocycles. The predicted molar refractivity (Wildman–Crippen MR) is 101 cm³/mol. The molecular weight excluding hydrogens is 340 g/mol. The van der Waals surface area contributed by atoms with Crippen molar-refractivity contribution in [1.82, 2.24) is 29.5 Å². The first-order valence-electron chi connectivity index (χ1n) is 8.98. The van der Waals surface area contributed by atoms with E-state index in [1.165, 1.54) is 11.1 Å². The first-order chi connectivity index (χ1) is 13.1.